The monoisotopic (exact) mass is 362 g/mol. The molecule has 0 heterocycles. The Morgan fingerprint density at radius 1 is 1.40 bits per heavy atom. The molecule has 0 saturated carbocycles. The van der Waals surface area contributed by atoms with Gasteiger partial charge in [-0.2, -0.15) is 0 Å². The van der Waals surface area contributed by atoms with Gasteiger partial charge in [0.2, 0.25) is 0 Å². The molecule has 0 fully saturated rings. The molecule has 0 saturated heterocycles. The zero-order valence-corrected chi connectivity index (χ0v) is 9.16. The van der Waals surface area contributed by atoms with Crippen molar-refractivity contribution in [2.24, 2.45) is 0 Å². The summed E-state index contributed by atoms with van der Waals surface area (Å²) in [6.45, 7) is 0. The van der Waals surface area contributed by atoms with E-state index in [9.17, 15) is 0 Å². The molecule has 0 atom stereocenters. The van der Waals surface area contributed by atoms with Gasteiger partial charge in [0.05, 0.1) is 3.57 Å². The Balaban J connectivity index is 3.07. The number of phenolic OH excluding ortho intramolecular Hbond substituents is 1. The predicted molar refractivity (Wildman–Crippen MR) is 55.5 cm³/mol. The zero-order chi connectivity index (χ0) is 7.56. The summed E-state index contributed by atoms with van der Waals surface area (Å²) in [6, 6.07) is 4.97. The first-order valence-corrected chi connectivity index (χ1v) is 4.47. The maximum atomic E-state index is 8.97. The van der Waals surface area contributed by atoms with Gasteiger partial charge in [-0.25, -0.2) is 0 Å². The van der Waals surface area contributed by atoms with Gasteiger partial charge in [0.25, 0.3) is 0 Å². The third kappa shape index (κ3) is 1.88. The smallest absolute Gasteiger partial charge is 0.192 e. The van der Waals surface area contributed by atoms with Crippen molar-refractivity contribution < 1.29 is 8.17 Å². The highest BCUT2D eigenvalue weighted by atomic mass is 127. The third-order valence-corrected chi connectivity index (χ3v) is 2.32. The van der Waals surface area contributed by atoms with E-state index in [1.807, 2.05) is 0 Å². The molecule has 1 N–H and O–H groups in total. The molecule has 4 heteroatoms. The van der Waals surface area contributed by atoms with E-state index in [0.29, 0.717) is 0 Å². The van der Waals surface area contributed by atoms with Gasteiger partial charge in [-0.15, -0.1) is 0 Å². The van der Waals surface area contributed by atoms with Crippen LogP contribution in [0.3, 0.4) is 0 Å². The van der Waals surface area contributed by atoms with Crippen LogP contribution in [0.2, 0.25) is 0 Å². The van der Waals surface area contributed by atoms with Gasteiger partial charge in [0.15, 0.2) is 23.0 Å². The molecule has 1 aromatic carbocycles. The van der Waals surface area contributed by atoms with Gasteiger partial charge in [0, 0.05) is 0 Å². The first-order valence-electron chi connectivity index (χ1n) is 2.51. The number of hydrogen-bond acceptors (Lipinski definition) is 2. The average molecular weight is 362 g/mol. The normalized spacial score (nSPS) is 9.40. The van der Waals surface area contributed by atoms with Crippen molar-refractivity contribution in [2.75, 3.05) is 0 Å². The van der Waals surface area contributed by atoms with Gasteiger partial charge < -0.3 is 8.17 Å². The lowest BCUT2D eigenvalue weighted by Crippen LogP contribution is -1.78. The SMILES string of the molecule is Oc1ccc(OI)c(I)c1. The Morgan fingerprint density at radius 2 is 2.10 bits per heavy atom. The summed E-state index contributed by atoms with van der Waals surface area (Å²) < 4.78 is 5.86. The molecule has 0 aliphatic heterocycles. The lowest BCUT2D eigenvalue weighted by atomic mass is 10.3. The van der Waals surface area contributed by atoms with Gasteiger partial charge >= 0.3 is 0 Å². The minimum absolute atomic E-state index is 0.265. The van der Waals surface area contributed by atoms with Crippen LogP contribution in [0, 0.1) is 3.57 Å². The largest absolute Gasteiger partial charge is 0.508 e. The van der Waals surface area contributed by atoms with Crippen molar-refractivity contribution in [3.05, 3.63) is 21.8 Å². The lowest BCUT2D eigenvalue weighted by molar-refractivity contribution is 0.474. The first-order chi connectivity index (χ1) is 4.74. The Kier molecular flexibility index (Phi) is 3.02. The fourth-order valence-electron chi connectivity index (χ4n) is 0.552. The number of phenols is 1. The van der Waals surface area contributed by atoms with E-state index >= 15 is 0 Å². The van der Waals surface area contributed by atoms with Crippen molar-refractivity contribution in [2.45, 2.75) is 0 Å². The van der Waals surface area contributed by atoms with Crippen molar-refractivity contribution in [3.63, 3.8) is 0 Å². The van der Waals surface area contributed by atoms with E-state index < -0.39 is 0 Å². The van der Waals surface area contributed by atoms with Crippen molar-refractivity contribution in [1.29, 1.82) is 0 Å². The van der Waals surface area contributed by atoms with Crippen LogP contribution in [0.15, 0.2) is 18.2 Å². The summed E-state index contributed by atoms with van der Waals surface area (Å²) in [4.78, 5) is 0. The highest BCUT2D eigenvalue weighted by Crippen LogP contribution is 2.25. The average Bonchev–Trinajstić information content (AvgIpc) is 1.88. The maximum Gasteiger partial charge on any atom is 0.192 e. The molecule has 0 aliphatic carbocycles. The molecular formula is C6H4I2O2. The molecular weight excluding hydrogens is 358 g/mol. The molecule has 1 aromatic rings. The van der Waals surface area contributed by atoms with Crippen LogP contribution in [-0.2, 0) is 0 Å². The van der Waals surface area contributed by atoms with Crippen LogP contribution in [-0.4, -0.2) is 5.11 Å². The first kappa shape index (κ1) is 8.38. The number of rotatable bonds is 1. The van der Waals surface area contributed by atoms with E-state index in [-0.39, 0.29) is 5.75 Å². The molecule has 0 amide bonds. The van der Waals surface area contributed by atoms with Gasteiger partial charge in [-0.05, 0) is 40.8 Å². The van der Waals surface area contributed by atoms with Gasteiger partial charge in [-0.3, -0.25) is 0 Å². The molecule has 0 bridgehead atoms. The molecule has 0 aliphatic rings. The van der Waals surface area contributed by atoms with E-state index in [4.69, 9.17) is 8.17 Å². The summed E-state index contributed by atoms with van der Waals surface area (Å²) in [6.07, 6.45) is 0. The second-order valence-corrected chi connectivity index (χ2v) is 3.29. The van der Waals surface area contributed by atoms with Crippen molar-refractivity contribution in [3.8, 4) is 11.5 Å². The third-order valence-electron chi connectivity index (χ3n) is 0.999. The lowest BCUT2D eigenvalue weighted by Gasteiger charge is -1.99. The topological polar surface area (TPSA) is 29.5 Å². The minimum Gasteiger partial charge on any atom is -0.508 e. The quantitative estimate of drug-likeness (QED) is 0.779. The molecule has 1 rings (SSSR count). The highest BCUT2D eigenvalue weighted by Gasteiger charge is 1.99. The van der Waals surface area contributed by atoms with Crippen LogP contribution in [0.1, 0.15) is 0 Å². The Hall–Kier alpha value is 0.280. The van der Waals surface area contributed by atoms with Gasteiger partial charge in [-0.1, -0.05) is 0 Å². The van der Waals surface area contributed by atoms with E-state index in [0.717, 1.165) is 9.32 Å². The number of halogens is 2. The molecule has 2 nitrogen and oxygen atoms in total. The summed E-state index contributed by atoms with van der Waals surface area (Å²) in [7, 11) is 0. The number of hydrogen-bond donors (Lipinski definition) is 1. The highest BCUT2D eigenvalue weighted by molar-refractivity contribution is 14.1. The maximum absolute atomic E-state index is 8.97. The van der Waals surface area contributed by atoms with Gasteiger partial charge in [0.1, 0.15) is 11.5 Å². The fraction of sp³-hybridized carbons (Fsp3) is 0. The standard InChI is InChI=1S/C6H4I2O2/c7-5-3-4(9)1-2-6(5)10-8/h1-3,9H. The molecule has 0 spiro atoms. The van der Waals surface area contributed by atoms with E-state index in [1.54, 1.807) is 41.2 Å². The summed E-state index contributed by atoms with van der Waals surface area (Å²) >= 11 is 3.90. The van der Waals surface area contributed by atoms with Crippen molar-refractivity contribution in [1.82, 2.24) is 0 Å². The van der Waals surface area contributed by atoms with Crippen LogP contribution in [0.5, 0.6) is 11.5 Å². The number of benzene rings is 1. The van der Waals surface area contributed by atoms with Crippen LogP contribution in [0.25, 0.3) is 0 Å². The predicted octanol–water partition coefficient (Wildman–Crippen LogP) is 2.73. The summed E-state index contributed by atoms with van der Waals surface area (Å²) in [5, 5.41) is 8.97. The Bertz CT molecular complexity index is 237. The zero-order valence-electron chi connectivity index (χ0n) is 4.84. The van der Waals surface area contributed by atoms with Crippen LogP contribution >= 0.6 is 45.6 Å². The molecule has 0 aromatic heterocycles. The molecule has 0 unspecified atom stereocenters. The molecule has 10 heavy (non-hydrogen) atoms. The summed E-state index contributed by atoms with van der Waals surface area (Å²) in [5.41, 5.74) is 0. The van der Waals surface area contributed by atoms with Crippen LogP contribution in [0.4, 0.5) is 0 Å². The van der Waals surface area contributed by atoms with E-state index in [2.05, 4.69) is 22.6 Å². The van der Waals surface area contributed by atoms with Crippen molar-refractivity contribution >= 4 is 45.6 Å². The van der Waals surface area contributed by atoms with Crippen LogP contribution < -0.4 is 3.07 Å². The fourth-order valence-corrected chi connectivity index (χ4v) is 1.97. The minimum atomic E-state index is 0.265. The molecule has 54 valence electrons. The molecule has 0 radical (unpaired) electrons. The summed E-state index contributed by atoms with van der Waals surface area (Å²) in [5.74, 6) is 1.04. The second kappa shape index (κ2) is 3.61. The Morgan fingerprint density at radius 3 is 2.60 bits per heavy atom. The Labute approximate surface area is 86.4 Å². The van der Waals surface area contributed by atoms with E-state index in [1.165, 1.54) is 0 Å². The number of aromatic hydroxyl groups is 1. The second-order valence-electron chi connectivity index (χ2n) is 1.69.